The highest BCUT2D eigenvalue weighted by Gasteiger charge is 2.36. The van der Waals surface area contributed by atoms with E-state index in [0.717, 1.165) is 48.6 Å². The van der Waals surface area contributed by atoms with Crippen LogP contribution in [0.15, 0.2) is 24.3 Å². The number of amides is 1. The monoisotopic (exact) mass is 343 g/mol. The number of aromatic nitrogens is 1. The number of benzene rings is 1. The molecule has 0 N–H and O–H groups in total. The minimum atomic E-state index is 0.0912. The van der Waals surface area contributed by atoms with Crippen molar-refractivity contribution in [2.45, 2.75) is 6.04 Å². The Balaban J connectivity index is 1.70. The van der Waals surface area contributed by atoms with Gasteiger partial charge in [0.1, 0.15) is 11.4 Å². The van der Waals surface area contributed by atoms with Gasteiger partial charge in [-0.25, -0.2) is 0 Å². The molecule has 2 saturated heterocycles. The third-order valence-electron chi connectivity index (χ3n) is 5.38. The fraction of sp³-hybridized carbons (Fsp3) is 0.526. The van der Waals surface area contributed by atoms with E-state index in [9.17, 15) is 4.79 Å². The van der Waals surface area contributed by atoms with Crippen molar-refractivity contribution < 1.29 is 14.3 Å². The molecule has 0 saturated carbocycles. The molecular weight excluding hydrogens is 318 g/mol. The quantitative estimate of drug-likeness (QED) is 0.831. The van der Waals surface area contributed by atoms with Gasteiger partial charge >= 0.3 is 0 Å². The fourth-order valence-electron chi connectivity index (χ4n) is 4.13. The highest BCUT2D eigenvalue weighted by Crippen LogP contribution is 2.26. The van der Waals surface area contributed by atoms with Crippen LogP contribution in [0.1, 0.15) is 10.5 Å². The lowest BCUT2D eigenvalue weighted by molar-refractivity contribution is 0.0478. The maximum absolute atomic E-state index is 13.3. The van der Waals surface area contributed by atoms with E-state index >= 15 is 0 Å². The van der Waals surface area contributed by atoms with Crippen molar-refractivity contribution in [3.63, 3.8) is 0 Å². The van der Waals surface area contributed by atoms with Crippen LogP contribution in [0.2, 0.25) is 0 Å². The standard InChI is InChI=1S/C19H25N3O3/c1-20-8-13-9-22(15(10-20)12-25-11-13)19(23)18-7-14-6-16(24-3)4-5-17(14)21(18)2/h4-7,13,15H,8-12H2,1-3H3/t13-,15-/m0/s1. The molecule has 6 nitrogen and oxygen atoms in total. The average molecular weight is 343 g/mol. The van der Waals surface area contributed by atoms with Crippen molar-refractivity contribution in [1.29, 1.82) is 0 Å². The highest BCUT2D eigenvalue weighted by atomic mass is 16.5. The molecule has 2 aliphatic heterocycles. The number of likely N-dealkylation sites (N-methyl/N-ethyl adjacent to an activating group) is 1. The number of hydrogen-bond donors (Lipinski definition) is 0. The van der Waals surface area contributed by atoms with Crippen LogP contribution in [-0.2, 0) is 11.8 Å². The van der Waals surface area contributed by atoms with Crippen LogP contribution >= 0.6 is 0 Å². The lowest BCUT2D eigenvalue weighted by Gasteiger charge is -2.29. The normalized spacial score (nSPS) is 24.4. The number of carbonyl (C=O) groups is 1. The first-order valence-electron chi connectivity index (χ1n) is 8.77. The molecule has 4 rings (SSSR count). The number of rotatable bonds is 2. The Hall–Kier alpha value is -2.05. The van der Waals surface area contributed by atoms with Crippen molar-refractivity contribution in [3.05, 3.63) is 30.0 Å². The van der Waals surface area contributed by atoms with Crippen molar-refractivity contribution >= 4 is 16.8 Å². The molecule has 0 spiro atoms. The summed E-state index contributed by atoms with van der Waals surface area (Å²) in [6.45, 7) is 3.95. The maximum atomic E-state index is 13.3. The van der Waals surface area contributed by atoms with Gasteiger partial charge in [0.05, 0.1) is 26.4 Å². The molecule has 1 aromatic carbocycles. The van der Waals surface area contributed by atoms with Crippen LogP contribution in [0.3, 0.4) is 0 Å². The fourth-order valence-corrected chi connectivity index (χ4v) is 4.13. The summed E-state index contributed by atoms with van der Waals surface area (Å²) in [6.07, 6.45) is 0. The van der Waals surface area contributed by atoms with Crippen molar-refractivity contribution in [2.24, 2.45) is 13.0 Å². The van der Waals surface area contributed by atoms with Gasteiger partial charge in [-0.15, -0.1) is 0 Å². The predicted molar refractivity (Wildman–Crippen MR) is 96.1 cm³/mol. The minimum Gasteiger partial charge on any atom is -0.497 e. The summed E-state index contributed by atoms with van der Waals surface area (Å²) in [5, 5.41) is 1.02. The lowest BCUT2D eigenvalue weighted by Crippen LogP contribution is -2.46. The molecule has 6 heteroatoms. The maximum Gasteiger partial charge on any atom is 0.270 e. The van der Waals surface area contributed by atoms with Gasteiger partial charge in [0.15, 0.2) is 0 Å². The number of hydrogen-bond acceptors (Lipinski definition) is 4. The first kappa shape index (κ1) is 16.4. The first-order valence-corrected chi connectivity index (χ1v) is 8.77. The van der Waals surface area contributed by atoms with E-state index in [2.05, 4.69) is 11.9 Å². The summed E-state index contributed by atoms with van der Waals surface area (Å²) in [4.78, 5) is 17.7. The number of aryl methyl sites for hydroxylation is 1. The Bertz CT molecular complexity index is 801. The van der Waals surface area contributed by atoms with Gasteiger partial charge in [-0.3, -0.25) is 4.79 Å². The molecule has 134 valence electrons. The Morgan fingerprint density at radius 1 is 1.16 bits per heavy atom. The molecule has 2 bridgehead atoms. The van der Waals surface area contributed by atoms with Gasteiger partial charge in [0.25, 0.3) is 5.91 Å². The molecular formula is C19H25N3O3. The highest BCUT2D eigenvalue weighted by molar-refractivity contribution is 5.99. The Kier molecular flexibility index (Phi) is 4.17. The number of ether oxygens (including phenoxy) is 2. The molecule has 2 fully saturated rings. The third kappa shape index (κ3) is 2.89. The number of nitrogens with zero attached hydrogens (tertiary/aromatic N) is 3. The van der Waals surface area contributed by atoms with E-state index in [0.29, 0.717) is 12.5 Å². The summed E-state index contributed by atoms with van der Waals surface area (Å²) in [7, 11) is 5.74. The largest absolute Gasteiger partial charge is 0.497 e. The zero-order chi connectivity index (χ0) is 17.6. The number of fused-ring (bicyclic) bond motifs is 4. The van der Waals surface area contributed by atoms with Crippen LogP contribution in [-0.4, -0.2) is 73.3 Å². The van der Waals surface area contributed by atoms with Crippen LogP contribution in [0.5, 0.6) is 5.75 Å². The average Bonchev–Trinajstić information content (AvgIpc) is 2.72. The summed E-state index contributed by atoms with van der Waals surface area (Å²) in [5.74, 6) is 1.27. The van der Waals surface area contributed by atoms with E-state index in [4.69, 9.17) is 9.47 Å². The third-order valence-corrected chi connectivity index (χ3v) is 5.38. The van der Waals surface area contributed by atoms with E-state index < -0.39 is 0 Å². The summed E-state index contributed by atoms with van der Waals surface area (Å²) < 4.78 is 13.1. The van der Waals surface area contributed by atoms with Crippen molar-refractivity contribution in [2.75, 3.05) is 47.0 Å². The van der Waals surface area contributed by atoms with Crippen molar-refractivity contribution in [3.8, 4) is 5.75 Å². The SMILES string of the molecule is COc1ccc2c(c1)cc(C(=O)N1C[C@H]3COC[C@@H]1CN(C)C3)n2C. The van der Waals surface area contributed by atoms with Gasteiger partial charge in [-0.05, 0) is 31.3 Å². The molecule has 0 aliphatic carbocycles. The zero-order valence-electron chi connectivity index (χ0n) is 15.1. The molecule has 0 unspecified atom stereocenters. The Labute approximate surface area is 147 Å². The number of methoxy groups -OCH3 is 1. The van der Waals surface area contributed by atoms with Crippen LogP contribution < -0.4 is 4.74 Å². The second kappa shape index (κ2) is 6.35. The first-order chi connectivity index (χ1) is 12.1. The lowest BCUT2D eigenvalue weighted by atomic mass is 10.1. The smallest absolute Gasteiger partial charge is 0.270 e. The topological polar surface area (TPSA) is 46.9 Å². The molecule has 3 heterocycles. The van der Waals surface area contributed by atoms with Gasteiger partial charge in [-0.1, -0.05) is 0 Å². The van der Waals surface area contributed by atoms with Gasteiger partial charge in [0, 0.05) is 43.5 Å². The second-order valence-corrected chi connectivity index (χ2v) is 7.25. The van der Waals surface area contributed by atoms with Gasteiger partial charge in [0.2, 0.25) is 0 Å². The molecule has 2 atom stereocenters. The van der Waals surface area contributed by atoms with E-state index in [1.165, 1.54) is 0 Å². The van der Waals surface area contributed by atoms with Gasteiger partial charge in [-0.2, -0.15) is 0 Å². The second-order valence-electron chi connectivity index (χ2n) is 7.25. The summed E-state index contributed by atoms with van der Waals surface area (Å²) in [6, 6.07) is 7.99. The molecule has 1 amide bonds. The van der Waals surface area contributed by atoms with Crippen molar-refractivity contribution in [1.82, 2.24) is 14.4 Å². The molecule has 0 radical (unpaired) electrons. The predicted octanol–water partition coefficient (Wildman–Crippen LogP) is 1.59. The van der Waals surface area contributed by atoms with Crippen LogP contribution in [0.25, 0.3) is 10.9 Å². The zero-order valence-corrected chi connectivity index (χ0v) is 15.1. The van der Waals surface area contributed by atoms with E-state index in [1.54, 1.807) is 7.11 Å². The van der Waals surface area contributed by atoms with E-state index in [-0.39, 0.29) is 11.9 Å². The minimum absolute atomic E-state index is 0.0912. The van der Waals surface area contributed by atoms with Gasteiger partial charge < -0.3 is 23.8 Å². The number of carbonyl (C=O) groups excluding carboxylic acids is 1. The molecule has 25 heavy (non-hydrogen) atoms. The Morgan fingerprint density at radius 2 is 2.00 bits per heavy atom. The summed E-state index contributed by atoms with van der Waals surface area (Å²) >= 11 is 0. The van der Waals surface area contributed by atoms with Crippen LogP contribution in [0, 0.1) is 5.92 Å². The van der Waals surface area contributed by atoms with Crippen LogP contribution in [0.4, 0.5) is 0 Å². The Morgan fingerprint density at radius 3 is 2.80 bits per heavy atom. The molecule has 1 aromatic heterocycles. The molecule has 2 aromatic rings. The van der Waals surface area contributed by atoms with E-state index in [1.807, 2.05) is 40.8 Å². The summed E-state index contributed by atoms with van der Waals surface area (Å²) in [5.41, 5.74) is 1.76. The molecule has 2 aliphatic rings.